The number of amides is 1. The van der Waals surface area contributed by atoms with E-state index in [1.165, 1.54) is 12.8 Å². The van der Waals surface area contributed by atoms with Crippen LogP contribution < -0.4 is 10.5 Å². The molecule has 0 atom stereocenters. The number of hydrogen-bond acceptors (Lipinski definition) is 4. The fourth-order valence-corrected chi connectivity index (χ4v) is 4.02. The summed E-state index contributed by atoms with van der Waals surface area (Å²) in [7, 11) is -3.91. The van der Waals surface area contributed by atoms with Gasteiger partial charge in [-0.1, -0.05) is 19.8 Å². The van der Waals surface area contributed by atoms with Gasteiger partial charge < -0.3 is 9.73 Å². The Morgan fingerprint density at radius 3 is 2.57 bits per heavy atom. The predicted octanol–water partition coefficient (Wildman–Crippen LogP) is 2.25. The molecule has 0 bridgehead atoms. The van der Waals surface area contributed by atoms with Gasteiger partial charge in [0.1, 0.15) is 4.90 Å². The maximum atomic E-state index is 12.0. The number of halogens is 1. The standard InChI is InChI=1S/C13H19BrN2O4S/c1-8-2-4-9(5-3-8)7-16-13(17)10-6-11(12(14)20-10)21(15,18)19/h6,8-9H,2-5,7H2,1H3,(H,16,17)(H2,15,18,19). The molecule has 6 nitrogen and oxygen atoms in total. The fraction of sp³-hybridized carbons (Fsp3) is 0.615. The van der Waals surface area contributed by atoms with E-state index in [4.69, 9.17) is 9.56 Å². The number of hydrogen-bond donors (Lipinski definition) is 2. The third-order valence-electron chi connectivity index (χ3n) is 3.87. The van der Waals surface area contributed by atoms with Gasteiger partial charge in [-0.3, -0.25) is 4.79 Å². The molecule has 0 spiro atoms. The van der Waals surface area contributed by atoms with Gasteiger partial charge in [-0.05, 0) is 40.6 Å². The number of carbonyl (C=O) groups excluding carboxylic acids is 1. The minimum Gasteiger partial charge on any atom is -0.443 e. The fourth-order valence-electron chi connectivity index (χ4n) is 2.52. The monoisotopic (exact) mass is 378 g/mol. The summed E-state index contributed by atoms with van der Waals surface area (Å²) in [6.07, 6.45) is 4.57. The molecule has 1 aromatic rings. The van der Waals surface area contributed by atoms with Crippen molar-refractivity contribution in [3.8, 4) is 0 Å². The molecule has 0 unspecified atom stereocenters. The number of nitrogens with two attached hydrogens (primary N) is 1. The molecule has 1 heterocycles. The van der Waals surface area contributed by atoms with Crippen molar-refractivity contribution in [1.29, 1.82) is 0 Å². The predicted molar refractivity (Wildman–Crippen MR) is 81.2 cm³/mol. The third kappa shape index (κ3) is 4.31. The van der Waals surface area contributed by atoms with Crippen LogP contribution in [0.5, 0.6) is 0 Å². The van der Waals surface area contributed by atoms with E-state index in [9.17, 15) is 13.2 Å². The minimum absolute atomic E-state index is 0.0540. The van der Waals surface area contributed by atoms with Crippen LogP contribution in [-0.2, 0) is 10.0 Å². The van der Waals surface area contributed by atoms with E-state index in [2.05, 4.69) is 28.2 Å². The van der Waals surface area contributed by atoms with Gasteiger partial charge in [-0.25, -0.2) is 13.6 Å². The zero-order valence-electron chi connectivity index (χ0n) is 11.8. The summed E-state index contributed by atoms with van der Waals surface area (Å²) in [5.41, 5.74) is 0. The van der Waals surface area contributed by atoms with Gasteiger partial charge in [-0.15, -0.1) is 0 Å². The minimum atomic E-state index is -3.91. The van der Waals surface area contributed by atoms with Crippen molar-refractivity contribution in [3.63, 3.8) is 0 Å². The summed E-state index contributed by atoms with van der Waals surface area (Å²) in [5.74, 6) is 0.746. The molecule has 1 aliphatic rings. The van der Waals surface area contributed by atoms with Crippen LogP contribution in [0.3, 0.4) is 0 Å². The smallest absolute Gasteiger partial charge is 0.287 e. The van der Waals surface area contributed by atoms with E-state index in [0.717, 1.165) is 24.8 Å². The number of primary sulfonamides is 1. The Balaban J connectivity index is 1.95. The summed E-state index contributed by atoms with van der Waals surface area (Å²) in [5, 5.41) is 7.81. The first-order valence-electron chi connectivity index (χ1n) is 6.87. The van der Waals surface area contributed by atoms with Crippen molar-refractivity contribution in [1.82, 2.24) is 5.32 Å². The summed E-state index contributed by atoms with van der Waals surface area (Å²) in [6.45, 7) is 2.82. The molecule has 1 amide bonds. The lowest BCUT2D eigenvalue weighted by Crippen LogP contribution is -2.30. The van der Waals surface area contributed by atoms with Gasteiger partial charge in [0.25, 0.3) is 5.91 Å². The Hall–Kier alpha value is -0.860. The van der Waals surface area contributed by atoms with Gasteiger partial charge in [0.15, 0.2) is 10.4 Å². The molecule has 1 aromatic heterocycles. The van der Waals surface area contributed by atoms with Gasteiger partial charge in [0.2, 0.25) is 10.0 Å². The van der Waals surface area contributed by atoms with Crippen molar-refractivity contribution in [2.24, 2.45) is 17.0 Å². The Morgan fingerprint density at radius 2 is 2.05 bits per heavy atom. The van der Waals surface area contributed by atoms with Gasteiger partial charge in [-0.2, -0.15) is 0 Å². The second kappa shape index (κ2) is 6.50. The van der Waals surface area contributed by atoms with Gasteiger partial charge in [0, 0.05) is 12.6 Å². The molecule has 3 N–H and O–H groups in total. The van der Waals surface area contributed by atoms with Crippen molar-refractivity contribution in [3.05, 3.63) is 16.5 Å². The molecule has 0 radical (unpaired) electrons. The average molecular weight is 379 g/mol. The van der Waals surface area contributed by atoms with Crippen LogP contribution in [0, 0.1) is 11.8 Å². The molecular weight excluding hydrogens is 360 g/mol. The summed E-state index contributed by atoms with van der Waals surface area (Å²) < 4.78 is 27.6. The number of nitrogens with one attached hydrogen (secondary N) is 1. The quantitative estimate of drug-likeness (QED) is 0.838. The Labute approximate surface area is 132 Å². The van der Waals surface area contributed by atoms with E-state index in [-0.39, 0.29) is 15.3 Å². The van der Waals surface area contributed by atoms with E-state index >= 15 is 0 Å². The second-order valence-corrected chi connectivity index (χ2v) is 7.88. The van der Waals surface area contributed by atoms with E-state index in [0.29, 0.717) is 12.5 Å². The number of furan rings is 1. The molecule has 0 aromatic carbocycles. The number of sulfonamides is 1. The lowest BCUT2D eigenvalue weighted by Gasteiger charge is -2.26. The lowest BCUT2D eigenvalue weighted by molar-refractivity contribution is 0.0913. The zero-order chi connectivity index (χ0) is 15.6. The van der Waals surface area contributed by atoms with Crippen LogP contribution >= 0.6 is 15.9 Å². The van der Waals surface area contributed by atoms with Gasteiger partial charge in [0.05, 0.1) is 0 Å². The van der Waals surface area contributed by atoms with Crippen LogP contribution in [-0.4, -0.2) is 20.9 Å². The Kier molecular flexibility index (Phi) is 5.11. The normalized spacial score (nSPS) is 23.0. The second-order valence-electron chi connectivity index (χ2n) is 5.63. The molecule has 8 heteroatoms. The van der Waals surface area contributed by atoms with Gasteiger partial charge >= 0.3 is 0 Å². The molecular formula is C13H19BrN2O4S. The first kappa shape index (κ1) is 16.5. The van der Waals surface area contributed by atoms with Crippen LogP contribution in [0.15, 0.2) is 20.0 Å². The van der Waals surface area contributed by atoms with E-state index in [1.807, 2.05) is 0 Å². The summed E-state index contributed by atoms with van der Waals surface area (Å²) in [6, 6.07) is 1.14. The van der Waals surface area contributed by atoms with Crippen LogP contribution in [0.2, 0.25) is 0 Å². The molecule has 1 fully saturated rings. The third-order valence-corrected chi connectivity index (χ3v) is 5.64. The molecule has 21 heavy (non-hydrogen) atoms. The highest BCUT2D eigenvalue weighted by molar-refractivity contribution is 9.10. The lowest BCUT2D eigenvalue weighted by atomic mass is 9.83. The topological polar surface area (TPSA) is 102 Å². The maximum Gasteiger partial charge on any atom is 0.287 e. The largest absolute Gasteiger partial charge is 0.443 e. The van der Waals surface area contributed by atoms with Crippen LogP contribution in [0.4, 0.5) is 0 Å². The van der Waals surface area contributed by atoms with E-state index < -0.39 is 15.9 Å². The maximum absolute atomic E-state index is 12.0. The molecule has 0 saturated heterocycles. The molecule has 2 rings (SSSR count). The molecule has 1 saturated carbocycles. The average Bonchev–Trinajstić information content (AvgIpc) is 2.80. The highest BCUT2D eigenvalue weighted by atomic mass is 79.9. The first-order valence-corrected chi connectivity index (χ1v) is 9.21. The SMILES string of the molecule is CC1CCC(CNC(=O)c2cc(S(N)(=O)=O)c(Br)o2)CC1. The van der Waals surface area contributed by atoms with Crippen molar-refractivity contribution in [2.45, 2.75) is 37.5 Å². The summed E-state index contributed by atoms with van der Waals surface area (Å²) >= 11 is 2.95. The van der Waals surface area contributed by atoms with Crippen LogP contribution in [0.1, 0.15) is 43.2 Å². The van der Waals surface area contributed by atoms with Crippen molar-refractivity contribution < 1.29 is 17.6 Å². The first-order chi connectivity index (χ1) is 9.77. The molecule has 118 valence electrons. The van der Waals surface area contributed by atoms with E-state index in [1.54, 1.807) is 0 Å². The highest BCUT2D eigenvalue weighted by Crippen LogP contribution is 2.28. The molecule has 0 aliphatic heterocycles. The zero-order valence-corrected chi connectivity index (χ0v) is 14.2. The number of rotatable bonds is 4. The molecule has 1 aliphatic carbocycles. The van der Waals surface area contributed by atoms with Crippen molar-refractivity contribution >= 4 is 31.9 Å². The Bertz CT molecular complexity index is 618. The van der Waals surface area contributed by atoms with Crippen LogP contribution in [0.25, 0.3) is 0 Å². The number of carbonyl (C=O) groups is 1. The summed E-state index contributed by atoms with van der Waals surface area (Å²) in [4.78, 5) is 11.8. The highest BCUT2D eigenvalue weighted by Gasteiger charge is 2.23. The Morgan fingerprint density at radius 1 is 1.43 bits per heavy atom. The van der Waals surface area contributed by atoms with Crippen molar-refractivity contribution in [2.75, 3.05) is 6.54 Å².